The van der Waals surface area contributed by atoms with Crippen LogP contribution < -0.4 is 16.6 Å². The van der Waals surface area contributed by atoms with Gasteiger partial charge in [0.2, 0.25) is 0 Å². The number of nitrogens with two attached hydrogens (primary N) is 1. The molecule has 1 heterocycles. The van der Waals surface area contributed by atoms with E-state index in [1.165, 1.54) is 23.7 Å². The molecule has 1 unspecified atom stereocenters. The fourth-order valence-corrected chi connectivity index (χ4v) is 1.76. The molecule has 1 aromatic rings. The third-order valence-corrected chi connectivity index (χ3v) is 3.16. The largest absolute Gasteiger partial charge is 0.376 e. The number of hydrogen-bond acceptors (Lipinski definition) is 4. The first-order valence-corrected chi connectivity index (χ1v) is 6.22. The maximum Gasteiger partial charge on any atom is 0.291 e. The molecule has 1 saturated carbocycles. The van der Waals surface area contributed by atoms with Crippen molar-refractivity contribution in [2.75, 3.05) is 11.9 Å². The first-order chi connectivity index (χ1) is 8.11. The number of anilines is 1. The van der Waals surface area contributed by atoms with Crippen LogP contribution in [0.1, 0.15) is 19.8 Å². The first-order valence-electron chi connectivity index (χ1n) is 5.84. The van der Waals surface area contributed by atoms with Crippen molar-refractivity contribution in [3.63, 3.8) is 0 Å². The summed E-state index contributed by atoms with van der Waals surface area (Å²) >= 11 is 5.98. The Kier molecular flexibility index (Phi) is 3.69. The zero-order valence-corrected chi connectivity index (χ0v) is 10.6. The first kappa shape index (κ1) is 12.4. The highest BCUT2D eigenvalue weighted by atomic mass is 35.5. The molecule has 1 aromatic heterocycles. The second-order valence-electron chi connectivity index (χ2n) is 4.58. The lowest BCUT2D eigenvalue weighted by molar-refractivity contribution is 0.534. The molecule has 0 saturated heterocycles. The van der Waals surface area contributed by atoms with Gasteiger partial charge in [0, 0.05) is 19.1 Å². The van der Waals surface area contributed by atoms with Crippen molar-refractivity contribution in [3.05, 3.63) is 21.6 Å². The van der Waals surface area contributed by atoms with Crippen LogP contribution in [-0.2, 0) is 6.54 Å². The molecule has 0 aromatic carbocycles. The van der Waals surface area contributed by atoms with Crippen molar-refractivity contribution in [1.82, 2.24) is 9.78 Å². The fourth-order valence-electron chi connectivity index (χ4n) is 1.58. The SMILES string of the molecule is CC(CN)Nc1c(Cl)cnn(CC2CC2)c1=O. The molecule has 1 aliphatic rings. The predicted octanol–water partition coefficient (Wildman–Crippen LogP) is 1.07. The van der Waals surface area contributed by atoms with Gasteiger partial charge in [-0.2, -0.15) is 5.10 Å². The summed E-state index contributed by atoms with van der Waals surface area (Å²) in [4.78, 5) is 12.1. The Morgan fingerprint density at radius 1 is 1.71 bits per heavy atom. The molecule has 5 nitrogen and oxygen atoms in total. The number of aromatic nitrogens is 2. The highest BCUT2D eigenvalue weighted by Crippen LogP contribution is 2.30. The van der Waals surface area contributed by atoms with Crippen molar-refractivity contribution in [3.8, 4) is 0 Å². The molecule has 17 heavy (non-hydrogen) atoms. The van der Waals surface area contributed by atoms with Crippen LogP contribution in [0, 0.1) is 5.92 Å². The summed E-state index contributed by atoms with van der Waals surface area (Å²) in [5.41, 5.74) is 5.76. The van der Waals surface area contributed by atoms with Gasteiger partial charge >= 0.3 is 0 Å². The second kappa shape index (κ2) is 5.06. The van der Waals surface area contributed by atoms with Crippen molar-refractivity contribution in [1.29, 1.82) is 0 Å². The zero-order chi connectivity index (χ0) is 12.4. The quantitative estimate of drug-likeness (QED) is 0.827. The van der Waals surface area contributed by atoms with Crippen LogP contribution in [0.3, 0.4) is 0 Å². The molecule has 1 aliphatic carbocycles. The molecule has 6 heteroatoms. The molecule has 0 amide bonds. The van der Waals surface area contributed by atoms with E-state index in [9.17, 15) is 4.79 Å². The van der Waals surface area contributed by atoms with E-state index in [0.717, 1.165) is 0 Å². The third-order valence-electron chi connectivity index (χ3n) is 2.87. The van der Waals surface area contributed by atoms with E-state index in [2.05, 4.69) is 10.4 Å². The number of rotatable bonds is 5. The minimum atomic E-state index is -0.162. The molecule has 1 atom stereocenters. The molecule has 0 bridgehead atoms. The van der Waals surface area contributed by atoms with Gasteiger partial charge in [-0.05, 0) is 25.7 Å². The van der Waals surface area contributed by atoms with E-state index in [1.54, 1.807) is 0 Å². The average molecular weight is 257 g/mol. The molecule has 1 fully saturated rings. The Bertz CT molecular complexity index is 455. The van der Waals surface area contributed by atoms with E-state index in [1.807, 2.05) is 6.92 Å². The molecule has 94 valence electrons. The lowest BCUT2D eigenvalue weighted by Gasteiger charge is -2.14. The topological polar surface area (TPSA) is 72.9 Å². The molecular formula is C11H17ClN4O. The Morgan fingerprint density at radius 2 is 2.41 bits per heavy atom. The minimum Gasteiger partial charge on any atom is -0.376 e. The number of nitrogens with one attached hydrogen (secondary N) is 1. The summed E-state index contributed by atoms with van der Waals surface area (Å²) in [7, 11) is 0. The van der Waals surface area contributed by atoms with Crippen molar-refractivity contribution in [2.45, 2.75) is 32.4 Å². The predicted molar refractivity (Wildman–Crippen MR) is 68.4 cm³/mol. The van der Waals surface area contributed by atoms with E-state index < -0.39 is 0 Å². The summed E-state index contributed by atoms with van der Waals surface area (Å²) in [6.45, 7) is 3.03. The van der Waals surface area contributed by atoms with Gasteiger partial charge in [-0.3, -0.25) is 4.79 Å². The van der Waals surface area contributed by atoms with E-state index in [-0.39, 0.29) is 11.6 Å². The highest BCUT2D eigenvalue weighted by molar-refractivity contribution is 6.33. The summed E-state index contributed by atoms with van der Waals surface area (Å²) in [6.07, 6.45) is 3.87. The molecule has 0 radical (unpaired) electrons. The average Bonchev–Trinajstić information content (AvgIpc) is 3.12. The zero-order valence-electron chi connectivity index (χ0n) is 9.82. The Morgan fingerprint density at radius 3 is 3.00 bits per heavy atom. The van der Waals surface area contributed by atoms with Crippen molar-refractivity contribution < 1.29 is 0 Å². The number of halogens is 1. The van der Waals surface area contributed by atoms with Crippen LogP contribution >= 0.6 is 11.6 Å². The lowest BCUT2D eigenvalue weighted by Crippen LogP contribution is -2.32. The van der Waals surface area contributed by atoms with E-state index in [4.69, 9.17) is 17.3 Å². The molecule has 2 rings (SSSR count). The van der Waals surface area contributed by atoms with Gasteiger partial charge in [0.25, 0.3) is 5.56 Å². The monoisotopic (exact) mass is 256 g/mol. The minimum absolute atomic E-state index is 0.0111. The van der Waals surface area contributed by atoms with Crippen molar-refractivity contribution in [2.24, 2.45) is 11.7 Å². The Labute approximate surface area is 105 Å². The van der Waals surface area contributed by atoms with Gasteiger partial charge in [0.05, 0.1) is 11.2 Å². The Hall–Kier alpha value is -1.07. The second-order valence-corrected chi connectivity index (χ2v) is 4.99. The normalized spacial score (nSPS) is 16.9. The van der Waals surface area contributed by atoms with E-state index >= 15 is 0 Å². The molecule has 0 spiro atoms. The van der Waals surface area contributed by atoms with Crippen LogP contribution in [0.2, 0.25) is 5.02 Å². The third kappa shape index (κ3) is 2.98. The molecule has 0 aliphatic heterocycles. The van der Waals surface area contributed by atoms with Crippen LogP contribution in [0.5, 0.6) is 0 Å². The standard InChI is InChI=1S/C11H17ClN4O/c1-7(4-13)15-10-9(12)5-14-16(11(10)17)6-8-2-3-8/h5,7-8,15H,2-4,6,13H2,1H3. The maximum atomic E-state index is 12.1. The summed E-state index contributed by atoms with van der Waals surface area (Å²) in [6, 6.07) is 0.0111. The number of nitrogens with zero attached hydrogens (tertiary/aromatic N) is 2. The summed E-state index contributed by atoms with van der Waals surface area (Å²) in [5, 5.41) is 7.43. The van der Waals surface area contributed by atoms with Crippen LogP contribution in [0.15, 0.2) is 11.0 Å². The van der Waals surface area contributed by atoms with Gasteiger partial charge < -0.3 is 11.1 Å². The van der Waals surface area contributed by atoms with Gasteiger partial charge in [0.1, 0.15) is 5.69 Å². The van der Waals surface area contributed by atoms with Gasteiger partial charge in [-0.25, -0.2) is 4.68 Å². The van der Waals surface area contributed by atoms with Crippen LogP contribution in [-0.4, -0.2) is 22.4 Å². The Balaban J connectivity index is 2.25. The summed E-state index contributed by atoms with van der Waals surface area (Å²) < 4.78 is 1.48. The maximum absolute atomic E-state index is 12.1. The molecule has 3 N–H and O–H groups in total. The van der Waals surface area contributed by atoms with E-state index in [0.29, 0.717) is 29.7 Å². The van der Waals surface area contributed by atoms with Crippen LogP contribution in [0.25, 0.3) is 0 Å². The van der Waals surface area contributed by atoms with Crippen LogP contribution in [0.4, 0.5) is 5.69 Å². The smallest absolute Gasteiger partial charge is 0.291 e. The van der Waals surface area contributed by atoms with Gasteiger partial charge in [-0.15, -0.1) is 0 Å². The highest BCUT2D eigenvalue weighted by Gasteiger charge is 2.23. The van der Waals surface area contributed by atoms with Gasteiger partial charge in [-0.1, -0.05) is 11.6 Å². The number of hydrogen-bond donors (Lipinski definition) is 2. The lowest BCUT2D eigenvalue weighted by atomic mass is 10.3. The summed E-state index contributed by atoms with van der Waals surface area (Å²) in [5.74, 6) is 0.598. The molecular weight excluding hydrogens is 240 g/mol. The fraction of sp³-hybridized carbons (Fsp3) is 0.636. The van der Waals surface area contributed by atoms with Crippen molar-refractivity contribution >= 4 is 17.3 Å². The van der Waals surface area contributed by atoms with Gasteiger partial charge in [0.15, 0.2) is 0 Å².